The van der Waals surface area contributed by atoms with E-state index in [2.05, 4.69) is 0 Å². The minimum atomic E-state index is -1.04. The second kappa shape index (κ2) is 6.11. The van der Waals surface area contributed by atoms with Crippen LogP contribution < -0.4 is 0 Å². The Morgan fingerprint density at radius 3 is 2.48 bits per heavy atom. The number of para-hydroxylation sites is 1. The monoisotopic (exact) mass is 292 g/mol. The number of nitro groups is 1. The molecule has 0 aromatic heterocycles. The van der Waals surface area contributed by atoms with Crippen molar-refractivity contribution in [2.45, 2.75) is 38.7 Å². The highest BCUT2D eigenvalue weighted by Gasteiger charge is 2.34. The Labute approximate surface area is 123 Å². The minimum Gasteiger partial charge on any atom is -0.438 e. The molecule has 1 aromatic carbocycles. The number of rotatable bonds is 3. The van der Waals surface area contributed by atoms with Gasteiger partial charge in [-0.3, -0.25) is 10.1 Å². The molecule has 0 spiro atoms. The van der Waals surface area contributed by atoms with Crippen LogP contribution in [-0.4, -0.2) is 29.0 Å². The third-order valence-electron chi connectivity index (χ3n) is 3.71. The van der Waals surface area contributed by atoms with E-state index in [-0.39, 0.29) is 5.69 Å². The maximum atomic E-state index is 12.2. The first-order valence-electron chi connectivity index (χ1n) is 7.13. The number of amides is 1. The van der Waals surface area contributed by atoms with Crippen LogP contribution in [0.4, 0.5) is 10.5 Å². The smallest absolute Gasteiger partial charge is 0.410 e. The number of nitro benzene ring substituents is 1. The summed E-state index contributed by atoms with van der Waals surface area (Å²) in [7, 11) is 0. The van der Waals surface area contributed by atoms with Crippen molar-refractivity contribution in [3.05, 3.63) is 39.9 Å². The number of benzene rings is 1. The zero-order valence-corrected chi connectivity index (χ0v) is 12.4. The van der Waals surface area contributed by atoms with E-state index in [1.165, 1.54) is 6.07 Å². The predicted molar refractivity (Wildman–Crippen MR) is 78.0 cm³/mol. The van der Waals surface area contributed by atoms with Gasteiger partial charge in [0.1, 0.15) is 5.60 Å². The molecule has 6 nitrogen and oxygen atoms in total. The number of carbonyl (C=O) groups is 1. The van der Waals surface area contributed by atoms with Gasteiger partial charge in [-0.15, -0.1) is 0 Å². The van der Waals surface area contributed by atoms with Crippen LogP contribution in [0.25, 0.3) is 0 Å². The average Bonchev–Trinajstić information content (AvgIpc) is 2.47. The zero-order chi connectivity index (χ0) is 15.5. The maximum Gasteiger partial charge on any atom is 0.410 e. The fourth-order valence-electron chi connectivity index (χ4n) is 2.56. The van der Waals surface area contributed by atoms with Crippen molar-refractivity contribution < 1.29 is 14.5 Å². The number of likely N-dealkylation sites (tertiary alicyclic amines) is 1. The number of hydrogen-bond donors (Lipinski definition) is 0. The summed E-state index contributed by atoms with van der Waals surface area (Å²) in [5.41, 5.74) is -0.674. The number of piperidine rings is 1. The molecule has 0 aliphatic carbocycles. The molecule has 0 bridgehead atoms. The largest absolute Gasteiger partial charge is 0.438 e. The van der Waals surface area contributed by atoms with Crippen LogP contribution in [-0.2, 0) is 10.3 Å². The Balaban J connectivity index is 2.17. The molecule has 0 unspecified atom stereocenters. The molecule has 1 aromatic rings. The highest BCUT2D eigenvalue weighted by atomic mass is 16.6. The van der Waals surface area contributed by atoms with Gasteiger partial charge in [0, 0.05) is 19.2 Å². The van der Waals surface area contributed by atoms with Crippen LogP contribution in [0.3, 0.4) is 0 Å². The normalized spacial score (nSPS) is 15.6. The van der Waals surface area contributed by atoms with Crippen molar-refractivity contribution in [3.8, 4) is 0 Å². The van der Waals surface area contributed by atoms with Gasteiger partial charge in [-0.25, -0.2) is 4.79 Å². The van der Waals surface area contributed by atoms with Crippen molar-refractivity contribution >= 4 is 11.8 Å². The molecule has 1 heterocycles. The van der Waals surface area contributed by atoms with Gasteiger partial charge in [0.2, 0.25) is 0 Å². The summed E-state index contributed by atoms with van der Waals surface area (Å²) < 4.78 is 5.54. The van der Waals surface area contributed by atoms with Crippen LogP contribution in [0, 0.1) is 10.1 Å². The van der Waals surface area contributed by atoms with Crippen LogP contribution >= 0.6 is 0 Å². The molecule has 1 saturated heterocycles. The Bertz CT molecular complexity index is 536. The summed E-state index contributed by atoms with van der Waals surface area (Å²) in [6, 6.07) is 6.36. The van der Waals surface area contributed by atoms with E-state index in [0.29, 0.717) is 18.7 Å². The Morgan fingerprint density at radius 2 is 1.86 bits per heavy atom. The quantitative estimate of drug-likeness (QED) is 0.631. The van der Waals surface area contributed by atoms with Gasteiger partial charge in [-0.05, 0) is 39.2 Å². The Morgan fingerprint density at radius 1 is 1.24 bits per heavy atom. The highest BCUT2D eigenvalue weighted by molar-refractivity contribution is 5.68. The van der Waals surface area contributed by atoms with E-state index in [4.69, 9.17) is 4.74 Å². The number of ether oxygens (including phenoxy) is 1. The lowest BCUT2D eigenvalue weighted by Gasteiger charge is -2.31. The summed E-state index contributed by atoms with van der Waals surface area (Å²) >= 11 is 0. The molecule has 1 aliphatic heterocycles. The van der Waals surface area contributed by atoms with Crippen molar-refractivity contribution in [2.75, 3.05) is 13.1 Å². The van der Waals surface area contributed by atoms with Gasteiger partial charge < -0.3 is 9.64 Å². The van der Waals surface area contributed by atoms with Crippen molar-refractivity contribution in [2.24, 2.45) is 0 Å². The van der Waals surface area contributed by atoms with Gasteiger partial charge >= 0.3 is 6.09 Å². The van der Waals surface area contributed by atoms with E-state index in [1.54, 1.807) is 36.9 Å². The van der Waals surface area contributed by atoms with Gasteiger partial charge in [0.15, 0.2) is 0 Å². The summed E-state index contributed by atoms with van der Waals surface area (Å²) in [6.07, 6.45) is 2.66. The predicted octanol–water partition coefficient (Wildman–Crippen LogP) is 3.45. The van der Waals surface area contributed by atoms with Crippen molar-refractivity contribution in [1.29, 1.82) is 0 Å². The first kappa shape index (κ1) is 15.3. The average molecular weight is 292 g/mol. The lowest BCUT2D eigenvalue weighted by Crippen LogP contribution is -2.40. The molecule has 1 amide bonds. The molecule has 1 aliphatic rings. The minimum absolute atomic E-state index is 0.0334. The fourth-order valence-corrected chi connectivity index (χ4v) is 2.56. The van der Waals surface area contributed by atoms with E-state index >= 15 is 0 Å². The number of nitrogens with zero attached hydrogens (tertiary/aromatic N) is 2. The lowest BCUT2D eigenvalue weighted by atomic mass is 9.96. The maximum absolute atomic E-state index is 12.2. The van der Waals surface area contributed by atoms with Crippen LogP contribution in [0.15, 0.2) is 24.3 Å². The molecule has 0 atom stereocenters. The van der Waals surface area contributed by atoms with Crippen LogP contribution in [0.2, 0.25) is 0 Å². The molecular weight excluding hydrogens is 272 g/mol. The molecule has 2 rings (SSSR count). The summed E-state index contributed by atoms with van der Waals surface area (Å²) in [4.78, 5) is 24.5. The molecule has 0 radical (unpaired) electrons. The van der Waals surface area contributed by atoms with E-state index in [9.17, 15) is 14.9 Å². The fraction of sp³-hybridized carbons (Fsp3) is 0.533. The third-order valence-corrected chi connectivity index (χ3v) is 3.71. The summed E-state index contributed by atoms with van der Waals surface area (Å²) in [6.45, 7) is 4.73. The molecule has 0 saturated carbocycles. The molecule has 114 valence electrons. The second-order valence-corrected chi connectivity index (χ2v) is 5.70. The number of hydrogen-bond acceptors (Lipinski definition) is 4. The first-order valence-corrected chi connectivity index (χ1v) is 7.13. The standard InChI is InChI=1S/C15H20N2O4/c1-15(2,12-8-4-5-9-13(12)17(19)20)21-14(18)16-10-6-3-7-11-16/h4-5,8-9H,3,6-7,10-11H2,1-2H3. The lowest BCUT2D eigenvalue weighted by molar-refractivity contribution is -0.386. The number of carbonyl (C=O) groups excluding carboxylic acids is 1. The Kier molecular flexibility index (Phi) is 4.45. The zero-order valence-electron chi connectivity index (χ0n) is 12.4. The van der Waals surface area contributed by atoms with Crippen molar-refractivity contribution in [3.63, 3.8) is 0 Å². The summed E-state index contributed by atoms with van der Waals surface area (Å²) in [5, 5.41) is 11.1. The highest BCUT2D eigenvalue weighted by Crippen LogP contribution is 2.33. The molecule has 1 fully saturated rings. The van der Waals surface area contributed by atoms with Gasteiger partial charge in [-0.2, -0.15) is 0 Å². The molecular formula is C15H20N2O4. The SMILES string of the molecule is CC(C)(OC(=O)N1CCCCC1)c1ccccc1[N+](=O)[O-]. The van der Waals surface area contributed by atoms with E-state index in [0.717, 1.165) is 19.3 Å². The van der Waals surface area contributed by atoms with Gasteiger partial charge in [0.05, 0.1) is 10.5 Å². The first-order chi connectivity index (χ1) is 9.92. The van der Waals surface area contributed by atoms with Gasteiger partial charge in [0.25, 0.3) is 5.69 Å². The van der Waals surface area contributed by atoms with Crippen LogP contribution in [0.5, 0.6) is 0 Å². The van der Waals surface area contributed by atoms with Crippen molar-refractivity contribution in [1.82, 2.24) is 4.90 Å². The third kappa shape index (κ3) is 3.51. The molecule has 6 heteroatoms. The second-order valence-electron chi connectivity index (χ2n) is 5.70. The van der Waals surface area contributed by atoms with E-state index in [1.807, 2.05) is 0 Å². The molecule has 0 N–H and O–H groups in total. The topological polar surface area (TPSA) is 72.7 Å². The molecule has 21 heavy (non-hydrogen) atoms. The summed E-state index contributed by atoms with van der Waals surface area (Å²) in [5.74, 6) is 0. The van der Waals surface area contributed by atoms with Crippen LogP contribution in [0.1, 0.15) is 38.7 Å². The Hall–Kier alpha value is -2.11. The van der Waals surface area contributed by atoms with Gasteiger partial charge in [-0.1, -0.05) is 12.1 Å². The van der Waals surface area contributed by atoms with E-state index < -0.39 is 16.6 Å².